The molecule has 136 valence electrons. The molecule has 0 spiro atoms. The molecule has 0 saturated carbocycles. The summed E-state index contributed by atoms with van der Waals surface area (Å²) in [7, 11) is -5.12. The van der Waals surface area contributed by atoms with Gasteiger partial charge < -0.3 is 24.2 Å². The summed E-state index contributed by atoms with van der Waals surface area (Å²) in [5.41, 5.74) is 0.692. The van der Waals surface area contributed by atoms with E-state index in [0.717, 1.165) is 32.1 Å². The second-order valence-electron chi connectivity index (χ2n) is 5.88. The summed E-state index contributed by atoms with van der Waals surface area (Å²) in [4.78, 5) is 33.9. The van der Waals surface area contributed by atoms with Crippen molar-refractivity contribution in [1.82, 2.24) is 5.32 Å². The van der Waals surface area contributed by atoms with Crippen LogP contribution in [0.4, 0.5) is 0 Å². The molecule has 0 aliphatic rings. The molecule has 0 heterocycles. The van der Waals surface area contributed by atoms with Gasteiger partial charge in [0.25, 0.3) is 0 Å². The van der Waals surface area contributed by atoms with Crippen LogP contribution >= 0.6 is 7.82 Å². The maximum atomic E-state index is 12.1. The zero-order valence-corrected chi connectivity index (χ0v) is 21.2. The van der Waals surface area contributed by atoms with Gasteiger partial charge in [-0.15, -0.1) is 0 Å². The maximum absolute atomic E-state index is 12.1. The maximum Gasteiger partial charge on any atom is 1.00 e. The largest absolute Gasteiger partial charge is 1.00 e. The summed E-state index contributed by atoms with van der Waals surface area (Å²) >= 11 is 0. The third-order valence-corrected chi connectivity index (χ3v) is 4.34. The Hall–Kier alpha value is 0.800. The number of amides is 1. The fourth-order valence-electron chi connectivity index (χ4n) is 2.53. The molecule has 0 bridgehead atoms. The normalized spacial score (nSPS) is 13.1. The zero-order valence-electron chi connectivity index (χ0n) is 16.3. The standard InChI is InChI=1S/C17H28NO5P.2Na/c1-3-4-5-6-10-13-16(19)18-17(14(2)23-24(20,21)22)15-11-8-7-9-12-15;;/h7-9,11-12,14,17H,3-6,10,13H2,1-2H3,(H,18,19)(H2,20,21,22);;/q;2*+1/p-2. The number of benzene rings is 1. The van der Waals surface area contributed by atoms with Gasteiger partial charge in [0, 0.05) is 6.42 Å². The van der Waals surface area contributed by atoms with Gasteiger partial charge in [0.05, 0.1) is 20.0 Å². The Labute approximate surface area is 200 Å². The second-order valence-corrected chi connectivity index (χ2v) is 6.98. The molecule has 6 nitrogen and oxygen atoms in total. The van der Waals surface area contributed by atoms with Crippen LogP contribution in [0, 0.1) is 0 Å². The van der Waals surface area contributed by atoms with Crippen LogP contribution in [0.5, 0.6) is 0 Å². The third-order valence-electron chi connectivity index (χ3n) is 3.75. The van der Waals surface area contributed by atoms with Gasteiger partial charge in [0.2, 0.25) is 5.91 Å². The van der Waals surface area contributed by atoms with E-state index in [1.807, 2.05) is 6.07 Å². The quantitative estimate of drug-likeness (QED) is 0.235. The minimum absolute atomic E-state index is 0. The molecule has 1 rings (SSSR count). The van der Waals surface area contributed by atoms with Crippen molar-refractivity contribution in [1.29, 1.82) is 0 Å². The van der Waals surface area contributed by atoms with E-state index in [2.05, 4.69) is 16.8 Å². The first-order valence-corrected chi connectivity index (χ1v) is 9.84. The molecule has 0 fully saturated rings. The summed E-state index contributed by atoms with van der Waals surface area (Å²) in [5, 5.41) is 2.78. The van der Waals surface area contributed by atoms with Crippen LogP contribution in [0.1, 0.15) is 64.0 Å². The predicted molar refractivity (Wildman–Crippen MR) is 88.9 cm³/mol. The minimum Gasteiger partial charge on any atom is -0.790 e. The molecule has 0 saturated heterocycles. The fraction of sp³-hybridized carbons (Fsp3) is 0.588. The van der Waals surface area contributed by atoms with E-state index in [1.165, 1.54) is 6.92 Å². The van der Waals surface area contributed by atoms with Crippen molar-refractivity contribution < 1.29 is 82.8 Å². The predicted octanol–water partition coefficient (Wildman–Crippen LogP) is -3.55. The van der Waals surface area contributed by atoms with Crippen LogP contribution in [0.2, 0.25) is 0 Å². The van der Waals surface area contributed by atoms with Gasteiger partial charge in [-0.3, -0.25) is 4.79 Å². The van der Waals surface area contributed by atoms with E-state index in [4.69, 9.17) is 0 Å². The molecular weight excluding hydrogens is 375 g/mol. The number of carbonyl (C=O) groups excluding carboxylic acids is 1. The van der Waals surface area contributed by atoms with E-state index in [1.54, 1.807) is 24.3 Å². The number of rotatable bonds is 11. The van der Waals surface area contributed by atoms with Crippen molar-refractivity contribution in [3.63, 3.8) is 0 Å². The molecule has 1 N–H and O–H groups in total. The van der Waals surface area contributed by atoms with Crippen molar-refractivity contribution in [3.05, 3.63) is 35.9 Å². The Bertz CT molecular complexity index is 541. The van der Waals surface area contributed by atoms with Crippen LogP contribution in [-0.2, 0) is 13.9 Å². The monoisotopic (exact) mass is 401 g/mol. The number of hydrogen-bond acceptors (Lipinski definition) is 5. The van der Waals surface area contributed by atoms with Gasteiger partial charge in [-0.25, -0.2) is 0 Å². The summed E-state index contributed by atoms with van der Waals surface area (Å²) in [6.07, 6.45) is 4.55. The Morgan fingerprint density at radius 2 is 1.69 bits per heavy atom. The first kappa shape index (κ1) is 29.0. The number of phosphoric ester groups is 1. The number of carbonyl (C=O) groups is 1. The third kappa shape index (κ3) is 13.1. The number of phosphoric acid groups is 1. The molecule has 1 aromatic carbocycles. The molecule has 2 unspecified atom stereocenters. The molecular formula is C17H26NNa2O5P. The van der Waals surface area contributed by atoms with Gasteiger partial charge >= 0.3 is 59.1 Å². The smallest absolute Gasteiger partial charge is 0.790 e. The molecule has 0 radical (unpaired) electrons. The van der Waals surface area contributed by atoms with E-state index < -0.39 is 20.0 Å². The first-order valence-electron chi connectivity index (χ1n) is 8.38. The Balaban J connectivity index is 0. The van der Waals surface area contributed by atoms with Crippen molar-refractivity contribution >= 4 is 13.7 Å². The van der Waals surface area contributed by atoms with Crippen LogP contribution in [0.15, 0.2) is 30.3 Å². The summed E-state index contributed by atoms with van der Waals surface area (Å²) < 4.78 is 15.4. The minimum atomic E-state index is -5.12. The van der Waals surface area contributed by atoms with Gasteiger partial charge in [-0.1, -0.05) is 62.9 Å². The summed E-state index contributed by atoms with van der Waals surface area (Å²) in [6, 6.07) is 8.19. The van der Waals surface area contributed by atoms with Crippen LogP contribution in [0.3, 0.4) is 0 Å². The van der Waals surface area contributed by atoms with E-state index in [0.29, 0.717) is 12.0 Å². The van der Waals surface area contributed by atoms with Gasteiger partial charge in [-0.2, -0.15) is 0 Å². The van der Waals surface area contributed by atoms with Crippen LogP contribution in [-0.4, -0.2) is 12.0 Å². The fourth-order valence-corrected chi connectivity index (χ4v) is 3.06. The Morgan fingerprint density at radius 1 is 1.12 bits per heavy atom. The summed E-state index contributed by atoms with van der Waals surface area (Å²) in [6.45, 7) is 3.59. The molecule has 0 aliphatic carbocycles. The van der Waals surface area contributed by atoms with Gasteiger partial charge in [-0.05, 0) is 18.9 Å². The van der Waals surface area contributed by atoms with Crippen molar-refractivity contribution in [2.45, 2.75) is 64.5 Å². The topological polar surface area (TPSA) is 102 Å². The van der Waals surface area contributed by atoms with Gasteiger partial charge in [0.1, 0.15) is 0 Å². The van der Waals surface area contributed by atoms with Crippen LogP contribution in [0.25, 0.3) is 0 Å². The molecule has 26 heavy (non-hydrogen) atoms. The average molecular weight is 401 g/mol. The second kappa shape index (κ2) is 15.7. The first-order chi connectivity index (χ1) is 11.3. The van der Waals surface area contributed by atoms with E-state index in [-0.39, 0.29) is 65.0 Å². The Kier molecular flexibility index (Phi) is 17.5. The molecule has 1 aromatic rings. The zero-order chi connectivity index (χ0) is 18.0. The van der Waals surface area contributed by atoms with Gasteiger partial charge in [0.15, 0.2) is 0 Å². The number of nitrogens with one attached hydrogen (secondary N) is 1. The SMILES string of the molecule is CCCCCCCC(=O)NC(c1ccccc1)C(C)OP(=O)([O-])[O-].[Na+].[Na+]. The van der Waals surface area contributed by atoms with Crippen molar-refractivity contribution in [3.8, 4) is 0 Å². The molecule has 2 atom stereocenters. The molecule has 0 aliphatic heterocycles. The Morgan fingerprint density at radius 3 is 2.23 bits per heavy atom. The molecule has 9 heteroatoms. The van der Waals surface area contributed by atoms with Crippen molar-refractivity contribution in [2.24, 2.45) is 0 Å². The average Bonchev–Trinajstić information content (AvgIpc) is 2.51. The van der Waals surface area contributed by atoms with Crippen LogP contribution < -0.4 is 74.2 Å². The van der Waals surface area contributed by atoms with E-state index in [9.17, 15) is 19.1 Å². The number of unbranched alkanes of at least 4 members (excludes halogenated alkanes) is 4. The molecule has 1 amide bonds. The number of hydrogen-bond donors (Lipinski definition) is 1. The molecule has 0 aromatic heterocycles. The summed E-state index contributed by atoms with van der Waals surface area (Å²) in [5.74, 6) is -0.178. The van der Waals surface area contributed by atoms with E-state index >= 15 is 0 Å². The van der Waals surface area contributed by atoms with Crippen molar-refractivity contribution in [2.75, 3.05) is 0 Å².